The molecule has 132 valence electrons. The van der Waals surface area contributed by atoms with E-state index in [1.54, 1.807) is 24.3 Å². The molecule has 1 atom stereocenters. The van der Waals surface area contributed by atoms with E-state index in [2.05, 4.69) is 21.2 Å². The summed E-state index contributed by atoms with van der Waals surface area (Å²) in [6, 6.07) is 13.2. The molecule has 7 heteroatoms. The molecule has 1 aliphatic heterocycles. The molecule has 0 spiro atoms. The van der Waals surface area contributed by atoms with Crippen LogP contribution < -0.4 is 5.32 Å². The lowest BCUT2D eigenvalue weighted by molar-refractivity contribution is -0.119. The maximum atomic E-state index is 12.9. The Morgan fingerprint density at radius 1 is 1.12 bits per heavy atom. The monoisotopic (exact) mass is 422 g/mol. The van der Waals surface area contributed by atoms with E-state index in [1.165, 1.54) is 4.31 Å². The van der Waals surface area contributed by atoms with Gasteiger partial charge in [-0.2, -0.15) is 4.31 Å². The first kappa shape index (κ1) is 18.1. The number of amides is 1. The summed E-state index contributed by atoms with van der Waals surface area (Å²) in [5, 5.41) is 2.82. The highest BCUT2D eigenvalue weighted by Crippen LogP contribution is 2.27. The van der Waals surface area contributed by atoms with Crippen molar-refractivity contribution in [3.63, 3.8) is 0 Å². The molecule has 1 fully saturated rings. The molecule has 0 aromatic heterocycles. The number of carbonyl (C=O) groups excluding carboxylic acids is 1. The second-order valence-corrected chi connectivity index (χ2v) is 8.89. The third-order valence-corrected chi connectivity index (χ3v) is 6.70. The van der Waals surface area contributed by atoms with Gasteiger partial charge in [-0.1, -0.05) is 33.6 Å². The molecule has 2 aromatic rings. The largest absolute Gasteiger partial charge is 0.325 e. The number of nitrogens with one attached hydrogen (secondary N) is 1. The molecule has 1 heterocycles. The van der Waals surface area contributed by atoms with E-state index in [0.717, 1.165) is 10.0 Å². The Balaban J connectivity index is 1.80. The number of aryl methyl sites for hydroxylation is 1. The summed E-state index contributed by atoms with van der Waals surface area (Å²) in [5.74, 6) is -0.290. The van der Waals surface area contributed by atoms with E-state index in [4.69, 9.17) is 0 Å². The molecule has 0 radical (unpaired) electrons. The van der Waals surface area contributed by atoms with Gasteiger partial charge in [0.25, 0.3) is 0 Å². The van der Waals surface area contributed by atoms with Crippen LogP contribution in [0.1, 0.15) is 18.4 Å². The number of nitrogens with zero attached hydrogens (tertiary/aromatic N) is 1. The average Bonchev–Trinajstić information content (AvgIpc) is 3.08. The normalized spacial score (nSPS) is 18.2. The van der Waals surface area contributed by atoms with E-state index in [0.29, 0.717) is 25.1 Å². The van der Waals surface area contributed by atoms with E-state index < -0.39 is 16.1 Å². The lowest BCUT2D eigenvalue weighted by Gasteiger charge is -2.23. The van der Waals surface area contributed by atoms with Crippen molar-refractivity contribution in [1.29, 1.82) is 0 Å². The fraction of sp³-hybridized carbons (Fsp3) is 0.278. The van der Waals surface area contributed by atoms with Crippen molar-refractivity contribution >= 4 is 37.5 Å². The zero-order valence-electron chi connectivity index (χ0n) is 13.8. The van der Waals surface area contributed by atoms with Gasteiger partial charge in [-0.3, -0.25) is 4.79 Å². The van der Waals surface area contributed by atoms with Crippen LogP contribution in [0.3, 0.4) is 0 Å². The molecule has 25 heavy (non-hydrogen) atoms. The minimum atomic E-state index is -3.70. The fourth-order valence-electron chi connectivity index (χ4n) is 2.89. The minimum Gasteiger partial charge on any atom is -0.325 e. The van der Waals surface area contributed by atoms with Crippen LogP contribution in [-0.2, 0) is 14.8 Å². The molecule has 1 amide bonds. The predicted octanol–water partition coefficient (Wildman–Crippen LogP) is 3.55. The summed E-state index contributed by atoms with van der Waals surface area (Å²) < 4.78 is 27.9. The van der Waals surface area contributed by atoms with E-state index in [-0.39, 0.29) is 10.8 Å². The Labute approximate surface area is 156 Å². The van der Waals surface area contributed by atoms with Crippen LogP contribution in [0.4, 0.5) is 5.69 Å². The number of anilines is 1. The Morgan fingerprint density at radius 3 is 2.40 bits per heavy atom. The lowest BCUT2D eigenvalue weighted by Crippen LogP contribution is -2.43. The SMILES string of the molecule is Cc1ccc(NC(=O)C2CCCN2S(=O)(=O)c2ccc(Br)cc2)cc1. The van der Waals surface area contributed by atoms with Crippen LogP contribution in [0.25, 0.3) is 0 Å². The smallest absolute Gasteiger partial charge is 0.243 e. The second kappa shape index (κ2) is 7.27. The van der Waals surface area contributed by atoms with Gasteiger partial charge < -0.3 is 5.32 Å². The van der Waals surface area contributed by atoms with Crippen molar-refractivity contribution in [2.24, 2.45) is 0 Å². The highest BCUT2D eigenvalue weighted by molar-refractivity contribution is 9.10. The summed E-state index contributed by atoms with van der Waals surface area (Å²) >= 11 is 3.30. The van der Waals surface area contributed by atoms with E-state index in [9.17, 15) is 13.2 Å². The molecule has 5 nitrogen and oxygen atoms in total. The first-order chi connectivity index (χ1) is 11.9. The van der Waals surface area contributed by atoms with Crippen LogP contribution in [0.5, 0.6) is 0 Å². The number of halogens is 1. The van der Waals surface area contributed by atoms with Gasteiger partial charge in [0.05, 0.1) is 4.90 Å². The summed E-state index contributed by atoms with van der Waals surface area (Å²) in [6.45, 7) is 2.32. The number of benzene rings is 2. The van der Waals surface area contributed by atoms with Gasteiger partial charge in [0.2, 0.25) is 15.9 Å². The average molecular weight is 423 g/mol. The summed E-state index contributed by atoms with van der Waals surface area (Å²) in [7, 11) is -3.70. The van der Waals surface area contributed by atoms with Gasteiger partial charge in [0.15, 0.2) is 0 Å². The molecule has 1 N–H and O–H groups in total. The molecular formula is C18H19BrN2O3S. The molecule has 1 unspecified atom stereocenters. The van der Waals surface area contributed by atoms with E-state index in [1.807, 2.05) is 31.2 Å². The van der Waals surface area contributed by atoms with Crippen molar-refractivity contribution in [2.45, 2.75) is 30.7 Å². The van der Waals surface area contributed by atoms with Crippen molar-refractivity contribution in [3.05, 3.63) is 58.6 Å². The standard InChI is InChI=1S/C18H19BrN2O3S/c1-13-4-8-15(9-5-13)20-18(22)17-3-2-12-21(17)25(23,24)16-10-6-14(19)7-11-16/h4-11,17H,2-3,12H2,1H3,(H,20,22). The van der Waals surface area contributed by atoms with Gasteiger partial charge in [0.1, 0.15) is 6.04 Å². The first-order valence-electron chi connectivity index (χ1n) is 8.03. The number of sulfonamides is 1. The zero-order chi connectivity index (χ0) is 18.0. The van der Waals surface area contributed by atoms with Crippen molar-refractivity contribution < 1.29 is 13.2 Å². The Kier molecular flexibility index (Phi) is 5.27. The topological polar surface area (TPSA) is 66.5 Å². The van der Waals surface area contributed by atoms with Crippen LogP contribution in [0.2, 0.25) is 0 Å². The van der Waals surface area contributed by atoms with Crippen molar-refractivity contribution in [3.8, 4) is 0 Å². The Morgan fingerprint density at radius 2 is 1.76 bits per heavy atom. The van der Waals surface area contributed by atoms with Gasteiger partial charge in [-0.15, -0.1) is 0 Å². The molecule has 0 saturated carbocycles. The maximum absolute atomic E-state index is 12.9. The Hall–Kier alpha value is -1.70. The van der Waals surface area contributed by atoms with Crippen LogP contribution in [-0.4, -0.2) is 31.2 Å². The van der Waals surface area contributed by atoms with Crippen LogP contribution in [0.15, 0.2) is 57.9 Å². The van der Waals surface area contributed by atoms with Gasteiger partial charge in [0, 0.05) is 16.7 Å². The molecule has 3 rings (SSSR count). The van der Waals surface area contributed by atoms with Crippen LogP contribution >= 0.6 is 15.9 Å². The molecule has 1 aliphatic rings. The summed E-state index contributed by atoms with van der Waals surface area (Å²) in [4.78, 5) is 12.8. The number of carbonyl (C=O) groups is 1. The third-order valence-electron chi connectivity index (χ3n) is 4.25. The minimum absolute atomic E-state index is 0.200. The fourth-order valence-corrected chi connectivity index (χ4v) is 4.82. The maximum Gasteiger partial charge on any atom is 0.243 e. The lowest BCUT2D eigenvalue weighted by atomic mass is 10.2. The predicted molar refractivity (Wildman–Crippen MR) is 101 cm³/mol. The third kappa shape index (κ3) is 3.94. The van der Waals surface area contributed by atoms with Gasteiger partial charge >= 0.3 is 0 Å². The number of hydrogen-bond donors (Lipinski definition) is 1. The number of hydrogen-bond acceptors (Lipinski definition) is 3. The van der Waals surface area contributed by atoms with Crippen molar-refractivity contribution in [2.75, 3.05) is 11.9 Å². The highest BCUT2D eigenvalue weighted by atomic mass is 79.9. The summed E-state index contributed by atoms with van der Waals surface area (Å²) in [6.07, 6.45) is 1.19. The van der Waals surface area contributed by atoms with Crippen LogP contribution in [0, 0.1) is 6.92 Å². The first-order valence-corrected chi connectivity index (χ1v) is 10.3. The van der Waals surface area contributed by atoms with Gasteiger partial charge in [-0.05, 0) is 56.2 Å². The molecule has 0 bridgehead atoms. The second-order valence-electron chi connectivity index (χ2n) is 6.08. The molecule has 2 aromatic carbocycles. The van der Waals surface area contributed by atoms with Crippen molar-refractivity contribution in [1.82, 2.24) is 4.31 Å². The quantitative estimate of drug-likeness (QED) is 0.818. The van der Waals surface area contributed by atoms with E-state index >= 15 is 0 Å². The Bertz CT molecular complexity index is 864. The molecular weight excluding hydrogens is 404 g/mol. The molecule has 0 aliphatic carbocycles. The summed E-state index contributed by atoms with van der Waals surface area (Å²) in [5.41, 5.74) is 1.77. The zero-order valence-corrected chi connectivity index (χ0v) is 16.2. The highest BCUT2D eigenvalue weighted by Gasteiger charge is 2.39. The van der Waals surface area contributed by atoms with Gasteiger partial charge in [-0.25, -0.2) is 8.42 Å². The number of rotatable bonds is 4. The molecule has 1 saturated heterocycles.